The lowest BCUT2D eigenvalue weighted by Gasteiger charge is -2.18. The van der Waals surface area contributed by atoms with Crippen LogP contribution in [0.4, 0.5) is 21.0 Å². The average Bonchev–Trinajstić information content (AvgIpc) is 3.38. The number of ether oxygens (including phenoxy) is 2. The Morgan fingerprint density at radius 2 is 1.94 bits per heavy atom. The summed E-state index contributed by atoms with van der Waals surface area (Å²) in [7, 11) is 1.53. The SMILES string of the molecule is CC[C@H](CC#N)OC(=O)N[C@H](C)c1cccc(NC(=O)Nc2ccc(-c3cnco3)c(OC)c2)c1. The maximum absolute atomic E-state index is 12.6. The van der Waals surface area contributed by atoms with Gasteiger partial charge in [0, 0.05) is 17.4 Å². The molecule has 3 rings (SSSR count). The third-order valence-corrected chi connectivity index (χ3v) is 5.18. The number of urea groups is 1. The Hall–Kier alpha value is -4.52. The average molecular weight is 478 g/mol. The van der Waals surface area contributed by atoms with Gasteiger partial charge in [-0.3, -0.25) is 0 Å². The Morgan fingerprint density at radius 3 is 2.60 bits per heavy atom. The summed E-state index contributed by atoms with van der Waals surface area (Å²) in [6.45, 7) is 3.65. The van der Waals surface area contributed by atoms with Gasteiger partial charge in [0.1, 0.15) is 11.9 Å². The molecule has 0 saturated heterocycles. The first-order valence-corrected chi connectivity index (χ1v) is 11.0. The molecule has 0 bridgehead atoms. The maximum Gasteiger partial charge on any atom is 0.407 e. The lowest BCUT2D eigenvalue weighted by atomic mass is 10.1. The smallest absolute Gasteiger partial charge is 0.407 e. The number of carbonyl (C=O) groups is 2. The van der Waals surface area contributed by atoms with Gasteiger partial charge in [-0.1, -0.05) is 19.1 Å². The quantitative estimate of drug-likeness (QED) is 0.371. The second-order valence-corrected chi connectivity index (χ2v) is 7.65. The number of nitriles is 1. The minimum Gasteiger partial charge on any atom is -0.496 e. The molecule has 0 aliphatic heterocycles. The Kier molecular flexibility index (Phi) is 8.67. The van der Waals surface area contributed by atoms with Crippen LogP contribution in [0.3, 0.4) is 0 Å². The third kappa shape index (κ3) is 6.98. The summed E-state index contributed by atoms with van der Waals surface area (Å²) in [5.74, 6) is 1.07. The fourth-order valence-corrected chi connectivity index (χ4v) is 3.32. The molecule has 182 valence electrons. The summed E-state index contributed by atoms with van der Waals surface area (Å²) in [6.07, 6.45) is 2.55. The molecule has 0 radical (unpaired) electrons. The number of anilines is 2. The fourth-order valence-electron chi connectivity index (χ4n) is 3.32. The number of oxazole rings is 1. The molecule has 0 aliphatic rings. The Morgan fingerprint density at radius 1 is 1.17 bits per heavy atom. The zero-order chi connectivity index (χ0) is 25.2. The first-order valence-electron chi connectivity index (χ1n) is 11.0. The highest BCUT2D eigenvalue weighted by atomic mass is 16.6. The van der Waals surface area contributed by atoms with E-state index in [2.05, 4.69) is 20.9 Å². The van der Waals surface area contributed by atoms with E-state index in [1.54, 1.807) is 49.5 Å². The molecule has 0 fully saturated rings. The molecular formula is C25H27N5O5. The van der Waals surface area contributed by atoms with Crippen molar-refractivity contribution in [3.8, 4) is 23.1 Å². The number of nitrogens with zero attached hydrogens (tertiary/aromatic N) is 2. The van der Waals surface area contributed by atoms with E-state index in [0.29, 0.717) is 34.9 Å². The normalized spacial score (nSPS) is 12.1. The molecular weight excluding hydrogens is 450 g/mol. The molecule has 0 unspecified atom stereocenters. The lowest BCUT2D eigenvalue weighted by molar-refractivity contribution is 0.0950. The highest BCUT2D eigenvalue weighted by molar-refractivity contribution is 6.00. The Labute approximate surface area is 203 Å². The van der Waals surface area contributed by atoms with Gasteiger partial charge in [-0.05, 0) is 43.2 Å². The van der Waals surface area contributed by atoms with Gasteiger partial charge in [-0.25, -0.2) is 14.6 Å². The van der Waals surface area contributed by atoms with E-state index < -0.39 is 18.2 Å². The maximum atomic E-state index is 12.6. The molecule has 3 N–H and O–H groups in total. The van der Waals surface area contributed by atoms with Crippen LogP contribution in [0.5, 0.6) is 5.75 Å². The fraction of sp³-hybridized carbons (Fsp3) is 0.280. The van der Waals surface area contributed by atoms with Gasteiger partial charge < -0.3 is 29.8 Å². The standard InChI is InChI=1S/C25H27N5O5/c1-4-20(10-11-26)35-25(32)28-16(2)17-6-5-7-18(12-17)29-24(31)30-19-8-9-21(22(13-19)33-3)23-14-27-15-34-23/h5-9,12-16,20H,4,10H2,1-3H3,(H,28,32)(H2,29,30,31)/t16-,20-/m1/s1. The minimum atomic E-state index is -0.599. The van der Waals surface area contributed by atoms with Crippen LogP contribution in [0.2, 0.25) is 0 Å². The third-order valence-electron chi connectivity index (χ3n) is 5.18. The van der Waals surface area contributed by atoms with Crippen LogP contribution in [-0.4, -0.2) is 30.3 Å². The first kappa shape index (κ1) is 25.1. The van der Waals surface area contributed by atoms with E-state index in [-0.39, 0.29) is 12.5 Å². The number of benzene rings is 2. The van der Waals surface area contributed by atoms with Gasteiger partial charge in [0.25, 0.3) is 0 Å². The number of hydrogen-bond donors (Lipinski definition) is 3. The van der Waals surface area contributed by atoms with Crippen LogP contribution in [0.15, 0.2) is 59.5 Å². The molecule has 0 aliphatic carbocycles. The zero-order valence-corrected chi connectivity index (χ0v) is 19.7. The number of nitrogens with one attached hydrogen (secondary N) is 3. The van der Waals surface area contributed by atoms with Crippen molar-refractivity contribution in [2.24, 2.45) is 0 Å². The number of carbonyl (C=O) groups excluding carboxylic acids is 2. The second kappa shape index (κ2) is 12.1. The number of rotatable bonds is 9. The van der Waals surface area contributed by atoms with Gasteiger partial charge in [0.2, 0.25) is 0 Å². The van der Waals surface area contributed by atoms with Crippen LogP contribution in [0, 0.1) is 11.3 Å². The number of aromatic nitrogens is 1. The second-order valence-electron chi connectivity index (χ2n) is 7.65. The first-order chi connectivity index (χ1) is 16.9. The van der Waals surface area contributed by atoms with Crippen LogP contribution in [-0.2, 0) is 4.74 Å². The number of alkyl carbamates (subject to hydrolysis) is 1. The highest BCUT2D eigenvalue weighted by Crippen LogP contribution is 2.32. The van der Waals surface area contributed by atoms with E-state index in [4.69, 9.17) is 19.2 Å². The molecule has 1 aromatic heterocycles. The van der Waals surface area contributed by atoms with Crippen molar-refractivity contribution >= 4 is 23.5 Å². The lowest BCUT2D eigenvalue weighted by Crippen LogP contribution is -2.31. The monoisotopic (exact) mass is 477 g/mol. The Bertz CT molecular complexity index is 1190. The van der Waals surface area contributed by atoms with Gasteiger partial charge in [0.15, 0.2) is 12.2 Å². The van der Waals surface area contributed by atoms with E-state index in [1.165, 1.54) is 13.5 Å². The van der Waals surface area contributed by atoms with Gasteiger partial charge >= 0.3 is 12.1 Å². The van der Waals surface area contributed by atoms with Crippen LogP contribution < -0.4 is 20.7 Å². The van der Waals surface area contributed by atoms with Crippen molar-refractivity contribution in [3.05, 3.63) is 60.6 Å². The highest BCUT2D eigenvalue weighted by Gasteiger charge is 2.16. The van der Waals surface area contributed by atoms with Gasteiger partial charge in [-0.15, -0.1) is 0 Å². The Balaban J connectivity index is 1.60. The van der Waals surface area contributed by atoms with E-state index in [1.807, 2.05) is 19.1 Å². The van der Waals surface area contributed by atoms with Crippen LogP contribution >= 0.6 is 0 Å². The summed E-state index contributed by atoms with van der Waals surface area (Å²) >= 11 is 0. The van der Waals surface area contributed by atoms with Crippen molar-refractivity contribution in [3.63, 3.8) is 0 Å². The molecule has 0 saturated carbocycles. The number of amides is 3. The number of methoxy groups -OCH3 is 1. The molecule has 35 heavy (non-hydrogen) atoms. The molecule has 10 heteroatoms. The molecule has 1 heterocycles. The summed E-state index contributed by atoms with van der Waals surface area (Å²) in [5.41, 5.74) is 2.55. The van der Waals surface area contributed by atoms with Gasteiger partial charge in [0.05, 0.1) is 37.4 Å². The van der Waals surface area contributed by atoms with Crippen molar-refractivity contribution in [2.75, 3.05) is 17.7 Å². The van der Waals surface area contributed by atoms with Crippen molar-refractivity contribution in [2.45, 2.75) is 38.8 Å². The summed E-state index contributed by atoms with van der Waals surface area (Å²) < 4.78 is 16.0. The molecule has 2 atom stereocenters. The molecule has 2 aromatic carbocycles. The predicted octanol–water partition coefficient (Wildman–Crippen LogP) is 5.47. The van der Waals surface area contributed by atoms with Gasteiger partial charge in [-0.2, -0.15) is 5.26 Å². The number of hydrogen-bond acceptors (Lipinski definition) is 7. The molecule has 3 aromatic rings. The summed E-state index contributed by atoms with van der Waals surface area (Å²) in [5, 5.41) is 17.1. The topological polar surface area (TPSA) is 139 Å². The largest absolute Gasteiger partial charge is 0.496 e. The van der Waals surface area contributed by atoms with Crippen LogP contribution in [0.25, 0.3) is 11.3 Å². The van der Waals surface area contributed by atoms with Crippen molar-refractivity contribution in [1.82, 2.24) is 10.3 Å². The summed E-state index contributed by atoms with van der Waals surface area (Å²) in [4.78, 5) is 28.6. The molecule has 10 nitrogen and oxygen atoms in total. The van der Waals surface area contributed by atoms with E-state index in [0.717, 1.165) is 5.56 Å². The predicted molar refractivity (Wildman–Crippen MR) is 130 cm³/mol. The van der Waals surface area contributed by atoms with E-state index >= 15 is 0 Å². The van der Waals surface area contributed by atoms with Crippen molar-refractivity contribution < 1.29 is 23.5 Å². The van der Waals surface area contributed by atoms with Crippen molar-refractivity contribution in [1.29, 1.82) is 5.26 Å². The minimum absolute atomic E-state index is 0.140. The zero-order valence-electron chi connectivity index (χ0n) is 19.7. The molecule has 3 amide bonds. The molecule has 0 spiro atoms. The van der Waals surface area contributed by atoms with E-state index in [9.17, 15) is 9.59 Å². The van der Waals surface area contributed by atoms with Crippen LogP contribution in [0.1, 0.15) is 38.3 Å². The summed E-state index contributed by atoms with van der Waals surface area (Å²) in [6, 6.07) is 13.4.